The van der Waals surface area contributed by atoms with Gasteiger partial charge >= 0.3 is 5.97 Å². The smallest absolute Gasteiger partial charge is 0.348 e. The second-order valence-corrected chi connectivity index (χ2v) is 10.0. The minimum absolute atomic E-state index is 0.0423. The lowest BCUT2D eigenvalue weighted by atomic mass is 9.81. The van der Waals surface area contributed by atoms with Crippen molar-refractivity contribution in [2.24, 2.45) is 11.8 Å². The summed E-state index contributed by atoms with van der Waals surface area (Å²) in [4.78, 5) is 28.9. The standard InChI is InChI=1S/C25H30N2O3S/c1-16-7-9-18(10-8-16)24(28)27(20-13-11-19(26)12-14-20)21-15-22(31-23(21)25(29)30)17-5-3-2-4-6-17/h2-6,15-16,18,20,26H,7-14H2,1H3,(H,29,30). The highest BCUT2D eigenvalue weighted by atomic mass is 32.1. The fourth-order valence-corrected chi connectivity index (χ4v) is 5.86. The number of carboxylic acid groups (broad SMARTS) is 1. The van der Waals surface area contributed by atoms with Gasteiger partial charge in [0.15, 0.2) is 0 Å². The van der Waals surface area contributed by atoms with E-state index in [1.165, 1.54) is 11.3 Å². The van der Waals surface area contributed by atoms with Crippen LogP contribution in [0.4, 0.5) is 5.69 Å². The van der Waals surface area contributed by atoms with E-state index in [4.69, 9.17) is 5.41 Å². The van der Waals surface area contributed by atoms with Gasteiger partial charge in [0.2, 0.25) is 5.91 Å². The van der Waals surface area contributed by atoms with E-state index in [1.807, 2.05) is 41.3 Å². The molecule has 4 rings (SSSR count). The minimum atomic E-state index is -0.985. The Bertz CT molecular complexity index is 950. The van der Waals surface area contributed by atoms with Crippen LogP contribution in [0.2, 0.25) is 0 Å². The SMILES string of the molecule is CC1CCC(C(=O)N(c2cc(-c3ccccc3)sc2C(=O)O)C2CCC(=N)CC2)CC1. The maximum absolute atomic E-state index is 13.8. The molecule has 31 heavy (non-hydrogen) atoms. The molecule has 0 saturated heterocycles. The lowest BCUT2D eigenvalue weighted by molar-refractivity contribution is -0.124. The van der Waals surface area contributed by atoms with E-state index in [1.54, 1.807) is 0 Å². The molecule has 5 nitrogen and oxygen atoms in total. The molecule has 1 aromatic heterocycles. The van der Waals surface area contributed by atoms with Crippen molar-refractivity contribution in [3.63, 3.8) is 0 Å². The van der Waals surface area contributed by atoms with Gasteiger partial charge in [0.05, 0.1) is 5.69 Å². The van der Waals surface area contributed by atoms with Crippen molar-refractivity contribution in [2.75, 3.05) is 4.90 Å². The summed E-state index contributed by atoms with van der Waals surface area (Å²) in [5.41, 5.74) is 2.23. The number of hydrogen-bond donors (Lipinski definition) is 2. The molecular weight excluding hydrogens is 408 g/mol. The summed E-state index contributed by atoms with van der Waals surface area (Å²) in [5, 5.41) is 18.0. The van der Waals surface area contributed by atoms with Gasteiger partial charge in [-0.3, -0.25) is 4.79 Å². The molecule has 0 radical (unpaired) electrons. The van der Waals surface area contributed by atoms with Gasteiger partial charge < -0.3 is 15.4 Å². The summed E-state index contributed by atoms with van der Waals surface area (Å²) in [6, 6.07) is 11.6. The minimum Gasteiger partial charge on any atom is -0.477 e. The maximum atomic E-state index is 13.8. The number of benzene rings is 1. The van der Waals surface area contributed by atoms with Crippen molar-refractivity contribution >= 4 is 34.6 Å². The molecule has 0 spiro atoms. The van der Waals surface area contributed by atoms with Crippen LogP contribution in [-0.4, -0.2) is 28.7 Å². The van der Waals surface area contributed by atoms with Crippen LogP contribution in [0.3, 0.4) is 0 Å². The van der Waals surface area contributed by atoms with Crippen molar-refractivity contribution in [3.05, 3.63) is 41.3 Å². The normalized spacial score (nSPS) is 24.0. The highest BCUT2D eigenvalue weighted by Crippen LogP contribution is 2.41. The monoisotopic (exact) mass is 438 g/mol. The number of carboxylic acids is 1. The molecule has 2 aliphatic rings. The zero-order valence-electron chi connectivity index (χ0n) is 18.0. The third kappa shape index (κ3) is 4.74. The Balaban J connectivity index is 1.73. The van der Waals surface area contributed by atoms with Crippen LogP contribution in [0.5, 0.6) is 0 Å². The Morgan fingerprint density at radius 2 is 1.68 bits per heavy atom. The van der Waals surface area contributed by atoms with E-state index >= 15 is 0 Å². The van der Waals surface area contributed by atoms with Crippen LogP contribution in [0.15, 0.2) is 36.4 Å². The number of hydrogen-bond acceptors (Lipinski definition) is 4. The van der Waals surface area contributed by atoms with Gasteiger partial charge in [0.25, 0.3) is 0 Å². The zero-order chi connectivity index (χ0) is 22.0. The van der Waals surface area contributed by atoms with Gasteiger partial charge in [0.1, 0.15) is 4.88 Å². The van der Waals surface area contributed by atoms with E-state index in [-0.39, 0.29) is 22.7 Å². The van der Waals surface area contributed by atoms with E-state index in [0.717, 1.165) is 54.7 Å². The molecule has 6 heteroatoms. The first kappa shape index (κ1) is 21.8. The number of thiophene rings is 1. The Labute approximate surface area is 187 Å². The van der Waals surface area contributed by atoms with Crippen molar-refractivity contribution in [2.45, 2.75) is 64.3 Å². The van der Waals surface area contributed by atoms with Crippen molar-refractivity contribution < 1.29 is 14.7 Å². The highest BCUT2D eigenvalue weighted by molar-refractivity contribution is 7.18. The fourth-order valence-electron chi connectivity index (χ4n) is 4.87. The summed E-state index contributed by atoms with van der Waals surface area (Å²) < 4.78 is 0. The molecule has 2 aliphatic carbocycles. The van der Waals surface area contributed by atoms with Crippen LogP contribution < -0.4 is 4.90 Å². The van der Waals surface area contributed by atoms with Crippen LogP contribution in [0.1, 0.15) is 68.0 Å². The molecule has 164 valence electrons. The van der Waals surface area contributed by atoms with Gasteiger partial charge in [-0.2, -0.15) is 0 Å². The van der Waals surface area contributed by atoms with Crippen LogP contribution in [0.25, 0.3) is 10.4 Å². The van der Waals surface area contributed by atoms with Crippen molar-refractivity contribution in [3.8, 4) is 10.4 Å². The number of carbonyl (C=O) groups is 2. The molecular formula is C25H30N2O3S. The van der Waals surface area contributed by atoms with E-state index in [0.29, 0.717) is 24.4 Å². The molecule has 2 saturated carbocycles. The molecule has 0 aliphatic heterocycles. The number of nitrogens with zero attached hydrogens (tertiary/aromatic N) is 1. The summed E-state index contributed by atoms with van der Waals surface area (Å²) in [6.07, 6.45) is 6.64. The zero-order valence-corrected chi connectivity index (χ0v) is 18.8. The summed E-state index contributed by atoms with van der Waals surface area (Å²) in [6.45, 7) is 2.23. The van der Waals surface area contributed by atoms with Gasteiger partial charge in [-0.05, 0) is 68.9 Å². The molecule has 1 amide bonds. The molecule has 0 atom stereocenters. The second kappa shape index (κ2) is 9.35. The van der Waals surface area contributed by atoms with Crippen molar-refractivity contribution in [1.82, 2.24) is 0 Å². The Morgan fingerprint density at radius 3 is 2.29 bits per heavy atom. The average Bonchev–Trinajstić information content (AvgIpc) is 3.22. The predicted octanol–water partition coefficient (Wildman–Crippen LogP) is 6.23. The van der Waals surface area contributed by atoms with Crippen LogP contribution >= 0.6 is 11.3 Å². The number of aromatic carboxylic acids is 1. The third-order valence-corrected chi connectivity index (χ3v) is 7.91. The third-order valence-electron chi connectivity index (χ3n) is 6.75. The Kier molecular flexibility index (Phi) is 6.56. The maximum Gasteiger partial charge on any atom is 0.348 e. The Morgan fingerprint density at radius 1 is 1.03 bits per heavy atom. The van der Waals surface area contributed by atoms with E-state index in [2.05, 4.69) is 6.92 Å². The second-order valence-electron chi connectivity index (χ2n) is 9.00. The highest BCUT2D eigenvalue weighted by Gasteiger charge is 2.36. The Hall–Kier alpha value is -2.47. The van der Waals surface area contributed by atoms with E-state index < -0.39 is 5.97 Å². The molecule has 2 fully saturated rings. The topological polar surface area (TPSA) is 81.5 Å². The number of amides is 1. The molecule has 0 bridgehead atoms. The lowest BCUT2D eigenvalue weighted by Crippen LogP contribution is -2.46. The molecule has 1 heterocycles. The summed E-state index contributed by atoms with van der Waals surface area (Å²) in [5.74, 6) is -0.307. The number of nitrogens with one attached hydrogen (secondary N) is 1. The molecule has 0 unspecified atom stereocenters. The van der Waals surface area contributed by atoms with Crippen molar-refractivity contribution in [1.29, 1.82) is 5.41 Å². The molecule has 2 N–H and O–H groups in total. The molecule has 2 aromatic rings. The predicted molar refractivity (Wildman–Crippen MR) is 125 cm³/mol. The first-order valence-electron chi connectivity index (χ1n) is 11.3. The largest absolute Gasteiger partial charge is 0.477 e. The first-order valence-corrected chi connectivity index (χ1v) is 12.1. The number of rotatable bonds is 5. The van der Waals surface area contributed by atoms with Gasteiger partial charge in [-0.25, -0.2) is 4.79 Å². The lowest BCUT2D eigenvalue weighted by Gasteiger charge is -2.38. The first-order chi connectivity index (χ1) is 14.9. The average molecular weight is 439 g/mol. The number of anilines is 1. The summed E-state index contributed by atoms with van der Waals surface area (Å²) in [7, 11) is 0. The van der Waals surface area contributed by atoms with Gasteiger partial charge in [0, 0.05) is 22.5 Å². The molecule has 1 aromatic carbocycles. The fraction of sp³-hybridized carbons (Fsp3) is 0.480. The van der Waals surface area contributed by atoms with Crippen LogP contribution in [-0.2, 0) is 4.79 Å². The number of carbonyl (C=O) groups excluding carboxylic acids is 1. The van der Waals surface area contributed by atoms with Crippen LogP contribution in [0, 0.1) is 17.2 Å². The van der Waals surface area contributed by atoms with Gasteiger partial charge in [-0.1, -0.05) is 37.3 Å². The quantitative estimate of drug-likeness (QED) is 0.580. The van der Waals surface area contributed by atoms with E-state index in [9.17, 15) is 14.7 Å². The summed E-state index contributed by atoms with van der Waals surface area (Å²) >= 11 is 1.24. The van der Waals surface area contributed by atoms with Gasteiger partial charge in [-0.15, -0.1) is 11.3 Å².